The normalized spacial score (nSPS) is 15.7. The average molecular weight is 335 g/mol. The molecule has 1 aliphatic rings. The number of carbonyl (C=O) groups is 1. The lowest BCUT2D eigenvalue weighted by atomic mass is 10.1. The Bertz CT molecular complexity index is 426. The second-order valence-electron chi connectivity index (χ2n) is 4.45. The molecule has 2 N–H and O–H groups in total. The summed E-state index contributed by atoms with van der Waals surface area (Å²) >= 11 is 3.32. The smallest absolute Gasteiger partial charge is 0.255 e. The van der Waals surface area contributed by atoms with E-state index in [-0.39, 0.29) is 24.4 Å². The summed E-state index contributed by atoms with van der Waals surface area (Å²) < 4.78 is 0.812. The lowest BCUT2D eigenvalue weighted by Gasteiger charge is -2.27. The monoisotopic (exact) mass is 333 g/mol. The van der Waals surface area contributed by atoms with Gasteiger partial charge in [0.1, 0.15) is 0 Å². The first-order chi connectivity index (χ1) is 8.13. The van der Waals surface area contributed by atoms with E-state index in [1.165, 1.54) is 12.8 Å². The molecule has 0 aromatic carbocycles. The molecule has 1 unspecified atom stereocenters. The maximum atomic E-state index is 12.2. The molecule has 4 nitrogen and oxygen atoms in total. The zero-order chi connectivity index (χ0) is 12.4. The van der Waals surface area contributed by atoms with Crippen molar-refractivity contribution in [3.05, 3.63) is 28.5 Å². The van der Waals surface area contributed by atoms with Crippen molar-refractivity contribution in [2.75, 3.05) is 13.6 Å². The molecule has 1 atom stereocenters. The lowest BCUT2D eigenvalue weighted by Crippen LogP contribution is -2.43. The number of pyridine rings is 1. The highest BCUT2D eigenvalue weighted by Crippen LogP contribution is 2.34. The molecule has 0 saturated heterocycles. The molecular formula is C12H17BrClN3O. The fourth-order valence-electron chi connectivity index (χ4n) is 2.03. The van der Waals surface area contributed by atoms with Crippen molar-refractivity contribution in [1.29, 1.82) is 0 Å². The molecule has 100 valence electrons. The van der Waals surface area contributed by atoms with Crippen LogP contribution in [0.25, 0.3) is 0 Å². The molecular weight excluding hydrogens is 318 g/mol. The van der Waals surface area contributed by atoms with Crippen LogP contribution < -0.4 is 5.73 Å². The number of aromatic nitrogens is 1. The number of halogens is 2. The van der Waals surface area contributed by atoms with Gasteiger partial charge in [-0.1, -0.05) is 0 Å². The minimum absolute atomic E-state index is 0. The van der Waals surface area contributed by atoms with Crippen molar-refractivity contribution in [3.8, 4) is 0 Å². The van der Waals surface area contributed by atoms with Crippen LogP contribution in [-0.4, -0.2) is 35.4 Å². The number of carbonyl (C=O) groups excluding carboxylic acids is 1. The Hall–Kier alpha value is -0.650. The first-order valence-corrected chi connectivity index (χ1v) is 6.50. The van der Waals surface area contributed by atoms with Crippen molar-refractivity contribution < 1.29 is 4.79 Å². The zero-order valence-electron chi connectivity index (χ0n) is 10.2. The van der Waals surface area contributed by atoms with E-state index < -0.39 is 0 Å². The van der Waals surface area contributed by atoms with Crippen molar-refractivity contribution in [1.82, 2.24) is 9.88 Å². The van der Waals surface area contributed by atoms with Gasteiger partial charge < -0.3 is 10.6 Å². The summed E-state index contributed by atoms with van der Waals surface area (Å²) in [5.74, 6) is 0.565. The van der Waals surface area contributed by atoms with E-state index >= 15 is 0 Å². The highest BCUT2D eigenvalue weighted by atomic mass is 79.9. The SMILES string of the molecule is CN(C(=O)c1cncc(Br)c1)C(CN)C1CC1.Cl. The topological polar surface area (TPSA) is 59.2 Å². The number of hydrogen-bond acceptors (Lipinski definition) is 3. The number of nitrogens with zero attached hydrogens (tertiary/aromatic N) is 2. The highest BCUT2D eigenvalue weighted by Gasteiger charge is 2.35. The molecule has 0 spiro atoms. The van der Waals surface area contributed by atoms with Crippen molar-refractivity contribution in [3.63, 3.8) is 0 Å². The van der Waals surface area contributed by atoms with Crippen LogP contribution in [0.5, 0.6) is 0 Å². The van der Waals surface area contributed by atoms with Gasteiger partial charge in [-0.2, -0.15) is 0 Å². The summed E-state index contributed by atoms with van der Waals surface area (Å²) in [7, 11) is 1.82. The molecule has 2 rings (SSSR count). The summed E-state index contributed by atoms with van der Waals surface area (Å²) in [5.41, 5.74) is 6.34. The highest BCUT2D eigenvalue weighted by molar-refractivity contribution is 9.10. The van der Waals surface area contributed by atoms with Crippen molar-refractivity contribution in [2.45, 2.75) is 18.9 Å². The van der Waals surface area contributed by atoms with Gasteiger partial charge in [-0.15, -0.1) is 12.4 Å². The molecule has 1 heterocycles. The van der Waals surface area contributed by atoms with Crippen LogP contribution in [-0.2, 0) is 0 Å². The molecule has 1 aromatic heterocycles. The first-order valence-electron chi connectivity index (χ1n) is 5.71. The van der Waals surface area contributed by atoms with Crippen LogP contribution in [0.1, 0.15) is 23.2 Å². The van der Waals surface area contributed by atoms with Crippen LogP contribution in [0.3, 0.4) is 0 Å². The number of likely N-dealkylation sites (N-methyl/N-ethyl adjacent to an activating group) is 1. The van der Waals surface area contributed by atoms with E-state index in [0.717, 1.165) is 4.47 Å². The summed E-state index contributed by atoms with van der Waals surface area (Å²) in [5, 5.41) is 0. The summed E-state index contributed by atoms with van der Waals surface area (Å²) in [4.78, 5) is 18.0. The van der Waals surface area contributed by atoms with Crippen molar-refractivity contribution >= 4 is 34.2 Å². The van der Waals surface area contributed by atoms with Gasteiger partial charge in [0.15, 0.2) is 0 Å². The van der Waals surface area contributed by atoms with Crippen LogP contribution in [0.2, 0.25) is 0 Å². The van der Waals surface area contributed by atoms with Crippen LogP contribution in [0, 0.1) is 5.92 Å². The number of amides is 1. The molecule has 1 aliphatic carbocycles. The molecule has 0 bridgehead atoms. The van der Waals surface area contributed by atoms with Gasteiger partial charge >= 0.3 is 0 Å². The average Bonchev–Trinajstić information content (AvgIpc) is 3.13. The summed E-state index contributed by atoms with van der Waals surface area (Å²) in [6.45, 7) is 0.522. The molecule has 1 aromatic rings. The van der Waals surface area contributed by atoms with E-state index in [2.05, 4.69) is 20.9 Å². The zero-order valence-corrected chi connectivity index (χ0v) is 12.6. The van der Waals surface area contributed by atoms with E-state index in [4.69, 9.17) is 5.73 Å². The van der Waals surface area contributed by atoms with E-state index in [0.29, 0.717) is 18.0 Å². The third kappa shape index (κ3) is 3.43. The van der Waals surface area contributed by atoms with Gasteiger partial charge in [-0.3, -0.25) is 9.78 Å². The van der Waals surface area contributed by atoms with Crippen LogP contribution >= 0.6 is 28.3 Å². The molecule has 1 fully saturated rings. The Balaban J connectivity index is 0.00000162. The molecule has 1 saturated carbocycles. The van der Waals surface area contributed by atoms with Crippen LogP contribution in [0.4, 0.5) is 0 Å². The maximum absolute atomic E-state index is 12.2. The van der Waals surface area contributed by atoms with Gasteiger partial charge in [-0.25, -0.2) is 0 Å². The molecule has 18 heavy (non-hydrogen) atoms. The Kier molecular flexibility index (Phi) is 5.56. The fraction of sp³-hybridized carbons (Fsp3) is 0.500. The van der Waals surface area contributed by atoms with Crippen LogP contribution in [0.15, 0.2) is 22.9 Å². The second-order valence-corrected chi connectivity index (χ2v) is 5.36. The van der Waals surface area contributed by atoms with Gasteiger partial charge in [0, 0.05) is 36.5 Å². The Labute approximate surface area is 121 Å². The molecule has 6 heteroatoms. The third-order valence-electron chi connectivity index (χ3n) is 3.18. The third-order valence-corrected chi connectivity index (χ3v) is 3.61. The summed E-state index contributed by atoms with van der Waals surface area (Å²) in [6, 6.07) is 1.94. The number of rotatable bonds is 4. The predicted octanol–water partition coefficient (Wildman–Crippen LogP) is 2.08. The predicted molar refractivity (Wildman–Crippen MR) is 76.8 cm³/mol. The van der Waals surface area contributed by atoms with Gasteiger partial charge in [0.25, 0.3) is 5.91 Å². The number of nitrogens with two attached hydrogens (primary N) is 1. The summed E-state index contributed by atoms with van der Waals surface area (Å²) in [6.07, 6.45) is 5.61. The molecule has 1 amide bonds. The largest absolute Gasteiger partial charge is 0.337 e. The van der Waals surface area contributed by atoms with E-state index in [9.17, 15) is 4.79 Å². The van der Waals surface area contributed by atoms with Crippen molar-refractivity contribution in [2.24, 2.45) is 11.7 Å². The maximum Gasteiger partial charge on any atom is 0.255 e. The van der Waals surface area contributed by atoms with Gasteiger partial charge in [0.2, 0.25) is 0 Å². The fourth-order valence-corrected chi connectivity index (χ4v) is 2.40. The molecule has 0 radical (unpaired) electrons. The molecule has 0 aliphatic heterocycles. The standard InChI is InChI=1S/C12H16BrN3O.ClH/c1-16(11(5-14)8-2-3-8)12(17)9-4-10(13)7-15-6-9;/h4,6-8,11H,2-3,5,14H2,1H3;1H. The lowest BCUT2D eigenvalue weighted by molar-refractivity contribution is 0.0718. The first kappa shape index (κ1) is 15.4. The minimum Gasteiger partial charge on any atom is -0.337 e. The van der Waals surface area contributed by atoms with E-state index in [1.807, 2.05) is 7.05 Å². The Morgan fingerprint density at radius 1 is 1.61 bits per heavy atom. The second kappa shape index (κ2) is 6.50. The minimum atomic E-state index is -0.0128. The Morgan fingerprint density at radius 2 is 2.28 bits per heavy atom. The Morgan fingerprint density at radius 3 is 2.78 bits per heavy atom. The van der Waals surface area contributed by atoms with Gasteiger partial charge in [-0.05, 0) is 40.8 Å². The number of hydrogen-bond donors (Lipinski definition) is 1. The van der Waals surface area contributed by atoms with E-state index in [1.54, 1.807) is 23.4 Å². The quantitative estimate of drug-likeness (QED) is 0.917. The van der Waals surface area contributed by atoms with Gasteiger partial charge in [0.05, 0.1) is 5.56 Å².